The number of aromatic hydroxyl groups is 2. The number of phenols is 2. The molecule has 0 heterocycles. The Labute approximate surface area is 184 Å². The van der Waals surface area contributed by atoms with Gasteiger partial charge in [0.05, 0.1) is 0 Å². The van der Waals surface area contributed by atoms with Crippen molar-refractivity contribution in [3.05, 3.63) is 106 Å². The second kappa shape index (κ2) is 8.47. The van der Waals surface area contributed by atoms with E-state index in [1.165, 1.54) is 16.3 Å². The fourth-order valence-electron chi connectivity index (χ4n) is 4.84. The fourth-order valence-corrected chi connectivity index (χ4v) is 4.84. The Hall–Kier alpha value is -3.26. The highest BCUT2D eigenvalue weighted by atomic mass is 16.3. The molecule has 0 aromatic heterocycles. The molecule has 0 fully saturated rings. The van der Waals surface area contributed by atoms with Crippen LogP contribution < -0.4 is 0 Å². The van der Waals surface area contributed by atoms with Gasteiger partial charge in [0.1, 0.15) is 11.5 Å². The summed E-state index contributed by atoms with van der Waals surface area (Å²) >= 11 is 0. The highest BCUT2D eigenvalue weighted by Crippen LogP contribution is 2.37. The molecule has 158 valence electrons. The van der Waals surface area contributed by atoms with Crippen LogP contribution >= 0.6 is 0 Å². The second-order valence-electron chi connectivity index (χ2n) is 8.85. The number of hydrogen-bond donors (Lipinski definition) is 2. The molecule has 31 heavy (non-hydrogen) atoms. The molecule has 0 unspecified atom stereocenters. The van der Waals surface area contributed by atoms with Gasteiger partial charge in [0.25, 0.3) is 0 Å². The van der Waals surface area contributed by atoms with Crippen molar-refractivity contribution in [2.45, 2.75) is 46.5 Å². The Bertz CT molecular complexity index is 1190. The van der Waals surface area contributed by atoms with E-state index in [0.717, 1.165) is 33.4 Å². The molecule has 0 aliphatic rings. The van der Waals surface area contributed by atoms with Gasteiger partial charge in [-0.1, -0.05) is 77.9 Å². The molecule has 2 heteroatoms. The van der Waals surface area contributed by atoms with Gasteiger partial charge in [0.15, 0.2) is 0 Å². The maximum absolute atomic E-state index is 10.8. The third-order valence-corrected chi connectivity index (χ3v) is 6.24. The lowest BCUT2D eigenvalue weighted by Crippen LogP contribution is -2.09. The molecule has 0 spiro atoms. The first-order valence-corrected chi connectivity index (χ1v) is 10.9. The summed E-state index contributed by atoms with van der Waals surface area (Å²) < 4.78 is 0. The molecule has 0 bridgehead atoms. The van der Waals surface area contributed by atoms with Crippen molar-refractivity contribution < 1.29 is 10.2 Å². The maximum atomic E-state index is 10.8. The summed E-state index contributed by atoms with van der Waals surface area (Å²) in [4.78, 5) is 0. The average molecular weight is 411 g/mol. The first kappa shape index (κ1) is 21.0. The minimum Gasteiger partial charge on any atom is -0.507 e. The zero-order chi connectivity index (χ0) is 22.1. The minimum atomic E-state index is 0.116. The van der Waals surface area contributed by atoms with Crippen molar-refractivity contribution in [3.63, 3.8) is 0 Å². The van der Waals surface area contributed by atoms with Crippen molar-refractivity contribution >= 4 is 10.8 Å². The molecule has 2 nitrogen and oxygen atoms in total. The van der Waals surface area contributed by atoms with Crippen LogP contribution in [0.1, 0.15) is 44.9 Å². The first-order chi connectivity index (χ1) is 14.8. The summed E-state index contributed by atoms with van der Waals surface area (Å²) in [6.45, 7) is 8.04. The Morgan fingerprint density at radius 2 is 1.16 bits per heavy atom. The standard InChI is InChI=1S/C29H30O2/c1-18-12-20(3)28(30)24(14-18)16-23(17-25-15-19(2)13-21(4)29(25)31)27-11-7-9-22-8-5-6-10-26(22)27/h5-15,23,30-31H,16-17H2,1-4H3. The monoisotopic (exact) mass is 410 g/mol. The van der Waals surface area contributed by atoms with Crippen molar-refractivity contribution in [2.75, 3.05) is 0 Å². The van der Waals surface area contributed by atoms with Crippen LogP contribution in [0.25, 0.3) is 10.8 Å². The highest BCUT2D eigenvalue weighted by Gasteiger charge is 2.20. The summed E-state index contributed by atoms with van der Waals surface area (Å²) in [6.07, 6.45) is 1.41. The smallest absolute Gasteiger partial charge is 0.121 e. The molecule has 0 saturated heterocycles. The lowest BCUT2D eigenvalue weighted by molar-refractivity contribution is 0.454. The SMILES string of the molecule is Cc1cc(C)c(O)c(CC(Cc2cc(C)cc(C)c2O)c2cccc3ccccc23)c1. The van der Waals surface area contributed by atoms with Crippen LogP contribution in [0.3, 0.4) is 0 Å². The molecule has 0 radical (unpaired) electrons. The number of aryl methyl sites for hydroxylation is 4. The van der Waals surface area contributed by atoms with Gasteiger partial charge >= 0.3 is 0 Å². The van der Waals surface area contributed by atoms with Crippen molar-refractivity contribution in [1.82, 2.24) is 0 Å². The van der Waals surface area contributed by atoms with E-state index in [2.05, 4.69) is 68.4 Å². The fraction of sp³-hybridized carbons (Fsp3) is 0.241. The lowest BCUT2D eigenvalue weighted by Gasteiger charge is -2.22. The maximum Gasteiger partial charge on any atom is 0.121 e. The number of phenolic OH excluding ortho intramolecular Hbond substituents is 2. The van der Waals surface area contributed by atoms with E-state index in [9.17, 15) is 10.2 Å². The zero-order valence-corrected chi connectivity index (χ0v) is 18.7. The van der Waals surface area contributed by atoms with Crippen molar-refractivity contribution in [2.24, 2.45) is 0 Å². The predicted octanol–water partition coefficient (Wildman–Crippen LogP) is 7.05. The molecule has 0 amide bonds. The van der Waals surface area contributed by atoms with Gasteiger partial charge in [-0.15, -0.1) is 0 Å². The number of hydrogen-bond acceptors (Lipinski definition) is 2. The van der Waals surface area contributed by atoms with Gasteiger partial charge in [0.2, 0.25) is 0 Å². The second-order valence-corrected chi connectivity index (χ2v) is 8.85. The van der Waals surface area contributed by atoms with Crippen LogP contribution in [0.15, 0.2) is 66.7 Å². The normalized spacial score (nSPS) is 11.4. The van der Waals surface area contributed by atoms with Crippen LogP contribution in [-0.2, 0) is 12.8 Å². The van der Waals surface area contributed by atoms with Gasteiger partial charge in [-0.05, 0) is 85.0 Å². The molecule has 4 aromatic carbocycles. The Balaban J connectivity index is 1.85. The Morgan fingerprint density at radius 1 is 0.645 bits per heavy atom. The molecule has 2 N–H and O–H groups in total. The first-order valence-electron chi connectivity index (χ1n) is 10.9. The van der Waals surface area contributed by atoms with E-state index in [1.54, 1.807) is 0 Å². The van der Waals surface area contributed by atoms with Gasteiger partial charge in [-0.2, -0.15) is 0 Å². The zero-order valence-electron chi connectivity index (χ0n) is 18.7. The third-order valence-electron chi connectivity index (χ3n) is 6.24. The molecular formula is C29H30O2. The highest BCUT2D eigenvalue weighted by molar-refractivity contribution is 5.86. The third kappa shape index (κ3) is 4.29. The Kier molecular flexibility index (Phi) is 5.73. The van der Waals surface area contributed by atoms with E-state index in [4.69, 9.17) is 0 Å². The minimum absolute atomic E-state index is 0.116. The van der Waals surface area contributed by atoms with Crippen LogP contribution in [0, 0.1) is 27.7 Å². The summed E-state index contributed by atoms with van der Waals surface area (Å²) in [6, 6.07) is 23.1. The van der Waals surface area contributed by atoms with Gasteiger partial charge in [-0.3, -0.25) is 0 Å². The van der Waals surface area contributed by atoms with Crippen LogP contribution in [0.2, 0.25) is 0 Å². The van der Waals surface area contributed by atoms with E-state index < -0.39 is 0 Å². The number of benzene rings is 4. The van der Waals surface area contributed by atoms with Crippen LogP contribution in [0.5, 0.6) is 11.5 Å². The topological polar surface area (TPSA) is 40.5 Å². The lowest BCUT2D eigenvalue weighted by atomic mass is 9.82. The summed E-state index contributed by atoms with van der Waals surface area (Å²) in [5, 5.41) is 24.0. The van der Waals surface area contributed by atoms with E-state index in [-0.39, 0.29) is 5.92 Å². The van der Waals surface area contributed by atoms with E-state index in [1.807, 2.05) is 26.0 Å². The van der Waals surface area contributed by atoms with Crippen LogP contribution in [-0.4, -0.2) is 10.2 Å². The molecule has 4 rings (SSSR count). The summed E-state index contributed by atoms with van der Waals surface area (Å²) in [5.74, 6) is 0.867. The van der Waals surface area contributed by atoms with Gasteiger partial charge in [0, 0.05) is 0 Å². The van der Waals surface area contributed by atoms with Crippen molar-refractivity contribution in [1.29, 1.82) is 0 Å². The van der Waals surface area contributed by atoms with Crippen molar-refractivity contribution in [3.8, 4) is 11.5 Å². The quantitative estimate of drug-likeness (QED) is 0.370. The van der Waals surface area contributed by atoms with Gasteiger partial charge < -0.3 is 10.2 Å². The molecule has 0 aliphatic heterocycles. The number of fused-ring (bicyclic) bond motifs is 1. The molecule has 0 aliphatic carbocycles. The Morgan fingerprint density at radius 3 is 1.74 bits per heavy atom. The average Bonchev–Trinajstić information content (AvgIpc) is 2.74. The molecule has 0 atom stereocenters. The largest absolute Gasteiger partial charge is 0.507 e. The molecule has 0 saturated carbocycles. The predicted molar refractivity (Wildman–Crippen MR) is 129 cm³/mol. The molecular weight excluding hydrogens is 380 g/mol. The molecule has 4 aromatic rings. The van der Waals surface area contributed by atoms with E-state index in [0.29, 0.717) is 24.3 Å². The van der Waals surface area contributed by atoms with Crippen LogP contribution in [0.4, 0.5) is 0 Å². The van der Waals surface area contributed by atoms with E-state index >= 15 is 0 Å². The number of rotatable bonds is 5. The van der Waals surface area contributed by atoms with Gasteiger partial charge in [-0.25, -0.2) is 0 Å². The summed E-state index contributed by atoms with van der Waals surface area (Å²) in [5.41, 5.74) is 7.27. The summed E-state index contributed by atoms with van der Waals surface area (Å²) in [7, 11) is 0.